The Kier molecular flexibility index (Phi) is 2.35. The Bertz CT molecular complexity index is 524. The van der Waals surface area contributed by atoms with E-state index in [4.69, 9.17) is 10.5 Å². The molecule has 1 spiro atoms. The molecule has 2 aliphatic rings. The molecule has 0 aromatic heterocycles. The fourth-order valence-electron chi connectivity index (χ4n) is 3.07. The van der Waals surface area contributed by atoms with Crippen LogP contribution in [0.3, 0.4) is 0 Å². The first-order valence-corrected chi connectivity index (χ1v) is 6.02. The summed E-state index contributed by atoms with van der Waals surface area (Å²) in [6.45, 7) is 1.05. The Labute approximate surface area is 105 Å². The molecule has 0 bridgehead atoms. The number of carbonyl (C=O) groups is 1. The fourth-order valence-corrected chi connectivity index (χ4v) is 3.07. The van der Waals surface area contributed by atoms with Crippen LogP contribution in [0.15, 0.2) is 12.1 Å². The Balaban J connectivity index is 2.23. The number of anilines is 2. The number of hydrogen-bond donors (Lipinski definition) is 1. The van der Waals surface area contributed by atoms with Crippen LogP contribution in [0.5, 0.6) is 0 Å². The maximum atomic E-state index is 14.0. The van der Waals surface area contributed by atoms with Crippen molar-refractivity contribution >= 4 is 17.3 Å². The molecule has 0 saturated carbocycles. The number of fused-ring (bicyclic) bond motifs is 2. The zero-order valence-corrected chi connectivity index (χ0v) is 10.2. The molecule has 0 aliphatic carbocycles. The van der Waals surface area contributed by atoms with Crippen molar-refractivity contribution in [1.29, 1.82) is 0 Å². The number of carbonyl (C=O) groups excluding carboxylic acids is 1. The molecule has 2 aliphatic heterocycles. The summed E-state index contributed by atoms with van der Waals surface area (Å²) in [7, 11) is 1.62. The van der Waals surface area contributed by atoms with E-state index in [1.165, 1.54) is 11.0 Å². The Morgan fingerprint density at radius 2 is 2.06 bits per heavy atom. The van der Waals surface area contributed by atoms with Crippen LogP contribution < -0.4 is 10.6 Å². The number of rotatable bonds is 0. The molecule has 0 radical (unpaired) electrons. The van der Waals surface area contributed by atoms with Crippen LogP contribution in [-0.4, -0.2) is 26.2 Å². The van der Waals surface area contributed by atoms with Gasteiger partial charge in [0.25, 0.3) is 0 Å². The molecule has 0 unspecified atom stereocenters. The monoisotopic (exact) mass is 250 g/mol. The molecule has 3 rings (SSSR count). The number of nitrogens with zero attached hydrogens (tertiary/aromatic N) is 1. The summed E-state index contributed by atoms with van der Waals surface area (Å²) < 4.78 is 19.3. The van der Waals surface area contributed by atoms with Crippen molar-refractivity contribution in [3.8, 4) is 0 Å². The van der Waals surface area contributed by atoms with Crippen LogP contribution in [0.25, 0.3) is 0 Å². The zero-order valence-electron chi connectivity index (χ0n) is 10.2. The molecular weight excluding hydrogens is 235 g/mol. The lowest BCUT2D eigenvalue weighted by Crippen LogP contribution is -2.42. The topological polar surface area (TPSA) is 55.6 Å². The highest BCUT2D eigenvalue weighted by atomic mass is 19.1. The number of nitrogens with two attached hydrogens (primary N) is 1. The maximum absolute atomic E-state index is 14.0. The summed E-state index contributed by atoms with van der Waals surface area (Å²) >= 11 is 0. The molecule has 0 atom stereocenters. The second-order valence-corrected chi connectivity index (χ2v) is 4.96. The summed E-state index contributed by atoms with van der Waals surface area (Å²) in [4.78, 5) is 13.9. The van der Waals surface area contributed by atoms with Crippen LogP contribution in [0.4, 0.5) is 15.8 Å². The van der Waals surface area contributed by atoms with E-state index in [1.807, 2.05) is 0 Å². The van der Waals surface area contributed by atoms with Crippen LogP contribution in [0, 0.1) is 5.82 Å². The Hall–Kier alpha value is -1.62. The van der Waals surface area contributed by atoms with Crippen molar-refractivity contribution in [2.45, 2.75) is 18.3 Å². The highest BCUT2D eigenvalue weighted by Crippen LogP contribution is 2.48. The van der Waals surface area contributed by atoms with E-state index >= 15 is 0 Å². The predicted octanol–water partition coefficient (Wildman–Crippen LogP) is 1.43. The fraction of sp³-hybridized carbons (Fsp3) is 0.462. The summed E-state index contributed by atoms with van der Waals surface area (Å²) in [5.74, 6) is -0.477. The highest BCUT2D eigenvalue weighted by Gasteiger charge is 2.51. The average Bonchev–Trinajstić information content (AvgIpc) is 2.54. The summed E-state index contributed by atoms with van der Waals surface area (Å²) in [5.41, 5.74) is 6.52. The van der Waals surface area contributed by atoms with Gasteiger partial charge in [0.1, 0.15) is 5.82 Å². The minimum atomic E-state index is -0.640. The van der Waals surface area contributed by atoms with Gasteiger partial charge in [-0.2, -0.15) is 0 Å². The minimum Gasteiger partial charge on any atom is -0.399 e. The van der Waals surface area contributed by atoms with E-state index in [2.05, 4.69) is 0 Å². The second-order valence-electron chi connectivity index (χ2n) is 4.96. The van der Waals surface area contributed by atoms with E-state index in [0.717, 1.165) is 5.56 Å². The summed E-state index contributed by atoms with van der Waals surface area (Å²) in [6.07, 6.45) is 1.18. The van der Waals surface area contributed by atoms with Gasteiger partial charge in [0, 0.05) is 25.9 Å². The summed E-state index contributed by atoms with van der Waals surface area (Å²) in [5, 5.41) is 0. The highest BCUT2D eigenvalue weighted by molar-refractivity contribution is 6.08. The number of amides is 1. The van der Waals surface area contributed by atoms with E-state index in [0.29, 0.717) is 37.4 Å². The molecule has 96 valence electrons. The molecule has 1 fully saturated rings. The van der Waals surface area contributed by atoms with Gasteiger partial charge in [-0.15, -0.1) is 0 Å². The number of likely N-dealkylation sites (N-methyl/N-ethyl adjacent to an activating group) is 1. The van der Waals surface area contributed by atoms with Crippen LogP contribution >= 0.6 is 0 Å². The third kappa shape index (κ3) is 1.31. The largest absolute Gasteiger partial charge is 0.399 e. The van der Waals surface area contributed by atoms with E-state index < -0.39 is 11.2 Å². The van der Waals surface area contributed by atoms with Gasteiger partial charge in [-0.1, -0.05) is 0 Å². The molecule has 2 N–H and O–H groups in total. The van der Waals surface area contributed by atoms with Crippen LogP contribution in [-0.2, 0) is 14.9 Å². The Morgan fingerprint density at radius 1 is 1.39 bits per heavy atom. The third-order valence-corrected chi connectivity index (χ3v) is 4.00. The van der Waals surface area contributed by atoms with Gasteiger partial charge in [0.2, 0.25) is 5.91 Å². The van der Waals surface area contributed by atoms with E-state index in [1.54, 1.807) is 13.1 Å². The number of ether oxygens (including phenoxy) is 1. The van der Waals surface area contributed by atoms with Crippen molar-refractivity contribution in [1.82, 2.24) is 0 Å². The molecule has 5 heteroatoms. The normalized spacial score (nSPS) is 21.4. The van der Waals surface area contributed by atoms with Gasteiger partial charge < -0.3 is 15.4 Å². The lowest BCUT2D eigenvalue weighted by molar-refractivity contribution is -0.126. The van der Waals surface area contributed by atoms with Crippen molar-refractivity contribution in [2.24, 2.45) is 0 Å². The smallest absolute Gasteiger partial charge is 0.237 e. The summed E-state index contributed by atoms with van der Waals surface area (Å²) in [6, 6.07) is 2.99. The van der Waals surface area contributed by atoms with Crippen LogP contribution in [0.2, 0.25) is 0 Å². The number of hydrogen-bond acceptors (Lipinski definition) is 3. The first-order chi connectivity index (χ1) is 8.56. The zero-order chi connectivity index (χ0) is 12.9. The van der Waals surface area contributed by atoms with Gasteiger partial charge in [-0.25, -0.2) is 4.39 Å². The van der Waals surface area contributed by atoms with Crippen molar-refractivity contribution in [3.63, 3.8) is 0 Å². The van der Waals surface area contributed by atoms with Gasteiger partial charge >= 0.3 is 0 Å². The Morgan fingerprint density at radius 3 is 2.72 bits per heavy atom. The van der Waals surface area contributed by atoms with Crippen LogP contribution in [0.1, 0.15) is 18.4 Å². The molecule has 1 aromatic rings. The maximum Gasteiger partial charge on any atom is 0.237 e. The quantitative estimate of drug-likeness (QED) is 0.709. The lowest BCUT2D eigenvalue weighted by Gasteiger charge is -2.32. The third-order valence-electron chi connectivity index (χ3n) is 4.00. The molecule has 18 heavy (non-hydrogen) atoms. The molecule has 1 saturated heterocycles. The molecule has 1 aromatic carbocycles. The molecule has 1 amide bonds. The van der Waals surface area contributed by atoms with E-state index in [-0.39, 0.29) is 5.91 Å². The lowest BCUT2D eigenvalue weighted by atomic mass is 9.75. The van der Waals surface area contributed by atoms with Gasteiger partial charge in [-0.05, 0) is 30.5 Å². The number of nitrogen functional groups attached to an aromatic ring is 1. The van der Waals surface area contributed by atoms with Gasteiger partial charge in [-0.3, -0.25) is 4.79 Å². The standard InChI is InChI=1S/C13H15FN2O2/c1-16-11-9(6-8(15)7-10(11)14)13(12(16)17)2-4-18-5-3-13/h6-7H,2-5,15H2,1H3. The first-order valence-electron chi connectivity index (χ1n) is 6.02. The molecular formula is C13H15FN2O2. The van der Waals surface area contributed by atoms with Crippen molar-refractivity contribution in [3.05, 3.63) is 23.5 Å². The van der Waals surface area contributed by atoms with Gasteiger partial charge in [0.05, 0.1) is 11.1 Å². The minimum absolute atomic E-state index is 0.0506. The average molecular weight is 250 g/mol. The van der Waals surface area contributed by atoms with Crippen molar-refractivity contribution < 1.29 is 13.9 Å². The number of halogens is 1. The van der Waals surface area contributed by atoms with Gasteiger partial charge in [0.15, 0.2) is 0 Å². The molecule has 2 heterocycles. The molecule has 4 nitrogen and oxygen atoms in total. The first kappa shape index (κ1) is 11.5. The van der Waals surface area contributed by atoms with Crippen molar-refractivity contribution in [2.75, 3.05) is 30.9 Å². The second kappa shape index (κ2) is 3.68. The SMILES string of the molecule is CN1C(=O)C2(CCOCC2)c2cc(N)cc(F)c21. The van der Waals surface area contributed by atoms with E-state index in [9.17, 15) is 9.18 Å². The number of benzene rings is 1. The predicted molar refractivity (Wildman–Crippen MR) is 66.0 cm³/mol.